The molecule has 3 heterocycles. The van der Waals surface area contributed by atoms with Crippen molar-refractivity contribution in [2.24, 2.45) is 11.3 Å². The molecule has 3 fully saturated rings. The molecule has 3 amide bonds. The molecule has 0 bridgehead atoms. The van der Waals surface area contributed by atoms with Crippen molar-refractivity contribution in [2.45, 2.75) is 109 Å². The predicted octanol–water partition coefficient (Wildman–Crippen LogP) is 4.27. The first-order chi connectivity index (χ1) is 18.4. The number of hydrogen-bond donors (Lipinski definition) is 1. The molecule has 6 atom stereocenters. The highest BCUT2D eigenvalue weighted by Crippen LogP contribution is 2.47. The standard InChI is InChI=1S/C31H43N5O3/c1-19(2)36-23-14-10-11-20(23)15-24(36)27(37)34(7)25(16-30(3,4)5)28(38)35-18-31(17-26(35)32-6)21-12-8-9-13-22(21)33-29(31)39/h8-9,12-13,19-20,23-26H,10-11,14-18H2,1-5,7H3,(H,33,39)/t20-,23-,24-,25-,26-,31-/m0/s1. The largest absolute Gasteiger partial charge is 0.332 e. The smallest absolute Gasteiger partial charge is 0.302 e. The van der Waals surface area contributed by atoms with E-state index in [1.165, 1.54) is 6.42 Å². The predicted molar refractivity (Wildman–Crippen MR) is 151 cm³/mol. The Bertz CT molecular complexity index is 1200. The van der Waals surface area contributed by atoms with Gasteiger partial charge in [0.2, 0.25) is 11.8 Å². The van der Waals surface area contributed by atoms with Crippen LogP contribution in [0.25, 0.3) is 4.85 Å². The summed E-state index contributed by atoms with van der Waals surface area (Å²) in [6.45, 7) is 18.6. The van der Waals surface area contributed by atoms with Gasteiger partial charge in [0.05, 0.1) is 12.5 Å². The minimum absolute atomic E-state index is 0.00192. The Hall–Kier alpha value is -2.92. The van der Waals surface area contributed by atoms with E-state index < -0.39 is 17.6 Å². The van der Waals surface area contributed by atoms with Crippen molar-refractivity contribution in [3.8, 4) is 0 Å². The maximum Gasteiger partial charge on any atom is 0.302 e. The zero-order chi connectivity index (χ0) is 28.3. The molecule has 2 saturated heterocycles. The average Bonchev–Trinajstić information content (AvgIpc) is 3.63. The molecule has 0 radical (unpaired) electrons. The number of fused-ring (bicyclic) bond motifs is 3. The SMILES string of the molecule is [C-]#[N+][C@@H]1C[C@@]2(CN1C(=O)[C@H](CC(C)(C)C)N(C)C(=O)[C@@H]1C[C@@H]3CCC[C@@H]3N1C(C)C)C(=O)Nc1ccccc12. The van der Waals surface area contributed by atoms with Crippen molar-refractivity contribution >= 4 is 23.4 Å². The van der Waals surface area contributed by atoms with Crippen molar-refractivity contribution < 1.29 is 14.4 Å². The van der Waals surface area contributed by atoms with Crippen molar-refractivity contribution in [1.82, 2.24) is 14.7 Å². The molecule has 1 N–H and O–H groups in total. The Kier molecular flexibility index (Phi) is 7.03. The van der Waals surface area contributed by atoms with Crippen LogP contribution in [0.4, 0.5) is 5.69 Å². The van der Waals surface area contributed by atoms with Crippen LogP contribution >= 0.6 is 0 Å². The third-order valence-electron chi connectivity index (χ3n) is 9.56. The van der Waals surface area contributed by atoms with E-state index in [-0.39, 0.29) is 48.2 Å². The molecule has 0 aromatic heterocycles. The summed E-state index contributed by atoms with van der Waals surface area (Å²) in [6.07, 6.45) is 4.34. The Morgan fingerprint density at radius 2 is 1.95 bits per heavy atom. The summed E-state index contributed by atoms with van der Waals surface area (Å²) >= 11 is 0. The van der Waals surface area contributed by atoms with Gasteiger partial charge in [0.25, 0.3) is 5.91 Å². The van der Waals surface area contributed by atoms with E-state index in [4.69, 9.17) is 6.57 Å². The molecule has 1 aromatic rings. The second-order valence-electron chi connectivity index (χ2n) is 13.6. The highest BCUT2D eigenvalue weighted by Gasteiger charge is 2.59. The van der Waals surface area contributed by atoms with Gasteiger partial charge in [0.15, 0.2) is 0 Å². The van der Waals surface area contributed by atoms with Gasteiger partial charge in [-0.25, -0.2) is 6.57 Å². The van der Waals surface area contributed by atoms with Crippen LogP contribution in [0.2, 0.25) is 0 Å². The number of carbonyl (C=O) groups is 3. The van der Waals surface area contributed by atoms with Crippen LogP contribution in [0, 0.1) is 17.9 Å². The second-order valence-corrected chi connectivity index (χ2v) is 13.6. The van der Waals surface area contributed by atoms with Gasteiger partial charge in [-0.05, 0) is 62.5 Å². The summed E-state index contributed by atoms with van der Waals surface area (Å²) in [5.74, 6) is 0.148. The Balaban J connectivity index is 1.44. The van der Waals surface area contributed by atoms with Crippen molar-refractivity contribution in [3.05, 3.63) is 41.2 Å². The number of nitrogens with one attached hydrogen (secondary N) is 1. The number of amides is 3. The zero-order valence-electron chi connectivity index (χ0n) is 24.2. The number of rotatable bonds is 5. The number of likely N-dealkylation sites (tertiary alicyclic amines) is 2. The summed E-state index contributed by atoms with van der Waals surface area (Å²) in [7, 11) is 1.76. The van der Waals surface area contributed by atoms with Gasteiger partial charge in [-0.15, -0.1) is 0 Å². The Morgan fingerprint density at radius 3 is 2.62 bits per heavy atom. The first-order valence-electron chi connectivity index (χ1n) is 14.5. The first-order valence-corrected chi connectivity index (χ1v) is 14.5. The van der Waals surface area contributed by atoms with Crippen LogP contribution in [0.15, 0.2) is 24.3 Å². The van der Waals surface area contributed by atoms with Crippen LogP contribution in [0.5, 0.6) is 0 Å². The van der Waals surface area contributed by atoms with E-state index in [0.717, 1.165) is 30.5 Å². The lowest BCUT2D eigenvalue weighted by molar-refractivity contribution is -0.149. The number of likely N-dealkylation sites (N-methyl/N-ethyl adjacent to an activating group) is 1. The maximum absolute atomic E-state index is 14.4. The average molecular weight is 534 g/mol. The molecular formula is C31H43N5O3. The molecule has 0 unspecified atom stereocenters. The van der Waals surface area contributed by atoms with Crippen molar-refractivity contribution in [3.63, 3.8) is 0 Å². The topological polar surface area (TPSA) is 77.3 Å². The molecule has 8 nitrogen and oxygen atoms in total. The molecule has 8 heteroatoms. The molecule has 1 spiro atoms. The van der Waals surface area contributed by atoms with Gasteiger partial charge in [-0.1, -0.05) is 45.4 Å². The molecular weight excluding hydrogens is 490 g/mol. The Labute approximate surface area is 232 Å². The van der Waals surface area contributed by atoms with E-state index in [2.05, 4.69) is 49.7 Å². The van der Waals surface area contributed by atoms with Gasteiger partial charge in [0.1, 0.15) is 11.5 Å². The van der Waals surface area contributed by atoms with Gasteiger partial charge >= 0.3 is 6.17 Å². The van der Waals surface area contributed by atoms with E-state index in [0.29, 0.717) is 18.4 Å². The molecule has 3 aliphatic heterocycles. The minimum Gasteiger partial charge on any atom is -0.332 e. The van der Waals surface area contributed by atoms with Crippen LogP contribution in [0.1, 0.15) is 78.7 Å². The first kappa shape index (κ1) is 27.6. The molecule has 5 rings (SSSR count). The monoisotopic (exact) mass is 533 g/mol. The molecule has 1 aliphatic carbocycles. The fourth-order valence-corrected chi connectivity index (χ4v) is 7.80. The van der Waals surface area contributed by atoms with Crippen LogP contribution in [-0.2, 0) is 19.8 Å². The van der Waals surface area contributed by atoms with Gasteiger partial charge in [-0.3, -0.25) is 29.0 Å². The molecule has 1 aromatic carbocycles. The molecule has 39 heavy (non-hydrogen) atoms. The highest BCUT2D eigenvalue weighted by atomic mass is 16.2. The lowest BCUT2D eigenvalue weighted by atomic mass is 9.80. The number of hydrogen-bond acceptors (Lipinski definition) is 4. The van der Waals surface area contributed by atoms with E-state index in [9.17, 15) is 14.4 Å². The Morgan fingerprint density at radius 1 is 1.23 bits per heavy atom. The molecule has 210 valence electrons. The summed E-state index contributed by atoms with van der Waals surface area (Å²) in [5.41, 5.74) is 0.440. The summed E-state index contributed by atoms with van der Waals surface area (Å²) < 4.78 is 0. The van der Waals surface area contributed by atoms with E-state index >= 15 is 0 Å². The highest BCUT2D eigenvalue weighted by molar-refractivity contribution is 6.07. The normalized spacial score (nSPS) is 30.8. The maximum atomic E-state index is 14.4. The second kappa shape index (κ2) is 9.92. The van der Waals surface area contributed by atoms with Crippen molar-refractivity contribution in [2.75, 3.05) is 18.9 Å². The lowest BCUT2D eigenvalue weighted by Crippen LogP contribution is -2.57. The number of carbonyl (C=O) groups excluding carboxylic acids is 3. The minimum atomic E-state index is -0.937. The van der Waals surface area contributed by atoms with Gasteiger partial charge in [-0.2, -0.15) is 0 Å². The number of para-hydroxylation sites is 1. The fourth-order valence-electron chi connectivity index (χ4n) is 7.80. The third kappa shape index (κ3) is 4.63. The number of benzene rings is 1. The van der Waals surface area contributed by atoms with Gasteiger partial charge < -0.3 is 10.2 Å². The fraction of sp³-hybridized carbons (Fsp3) is 0.677. The number of anilines is 1. The third-order valence-corrected chi connectivity index (χ3v) is 9.56. The van der Waals surface area contributed by atoms with E-state index in [1.54, 1.807) is 16.8 Å². The van der Waals surface area contributed by atoms with E-state index in [1.807, 2.05) is 24.3 Å². The van der Waals surface area contributed by atoms with Gasteiger partial charge in [0, 0.05) is 31.4 Å². The van der Waals surface area contributed by atoms with Crippen molar-refractivity contribution in [1.29, 1.82) is 0 Å². The molecule has 4 aliphatic rings. The van der Waals surface area contributed by atoms with Crippen LogP contribution in [-0.4, -0.2) is 76.3 Å². The summed E-state index contributed by atoms with van der Waals surface area (Å²) in [5, 5.41) is 2.96. The zero-order valence-corrected chi connectivity index (χ0v) is 24.2. The van der Waals surface area contributed by atoms with Crippen LogP contribution < -0.4 is 5.32 Å². The summed E-state index contributed by atoms with van der Waals surface area (Å²) in [6, 6.07) is 7.32. The van der Waals surface area contributed by atoms with Crippen LogP contribution in [0.3, 0.4) is 0 Å². The summed E-state index contributed by atoms with van der Waals surface area (Å²) in [4.78, 5) is 51.2. The number of nitrogens with zero attached hydrogens (tertiary/aromatic N) is 4. The molecule has 1 saturated carbocycles. The quantitative estimate of drug-likeness (QED) is 0.574. The lowest BCUT2D eigenvalue weighted by Gasteiger charge is -2.39.